The molecule has 0 aliphatic carbocycles. The molecule has 1 aromatic carbocycles. The molecule has 0 spiro atoms. The van der Waals surface area contributed by atoms with E-state index < -0.39 is 6.10 Å². The number of nitrogens with one attached hydrogen (secondary N) is 1. The number of carbonyl (C=O) groups excluding carboxylic acids is 1. The summed E-state index contributed by atoms with van der Waals surface area (Å²) in [5.74, 6) is -0.224. The van der Waals surface area contributed by atoms with Crippen molar-refractivity contribution in [1.82, 2.24) is 25.1 Å². The maximum Gasteiger partial charge on any atom is 0.272 e. The lowest BCUT2D eigenvalue weighted by Gasteiger charge is -2.15. The third kappa shape index (κ3) is 2.99. The van der Waals surface area contributed by atoms with Gasteiger partial charge in [-0.25, -0.2) is 4.98 Å². The Kier molecular flexibility index (Phi) is 4.02. The Morgan fingerprint density at radius 3 is 2.86 bits per heavy atom. The van der Waals surface area contributed by atoms with Crippen molar-refractivity contribution in [2.24, 2.45) is 5.92 Å². The van der Waals surface area contributed by atoms with Gasteiger partial charge in [0.2, 0.25) is 0 Å². The summed E-state index contributed by atoms with van der Waals surface area (Å²) in [5.41, 5.74) is 2.81. The standard InChI is InChI=1S/C21H19N5O2/c27-19-12-26(21(28)18-8-6-14-10-22-25-20(14)24-18)11-15(19)9-16-7-5-13-3-1-2-4-17(13)23-16/h1-8,10,15,19,27H,9,11-12H2,(H,22,24,25)/t15-,19-/m1/s1. The SMILES string of the molecule is O=C(c1ccc2cn[nH]c2n1)N1C[C@@H](Cc2ccc3ccccc3n2)[C@H](O)C1. The van der Waals surface area contributed by atoms with Gasteiger partial charge < -0.3 is 10.0 Å². The normalized spacial score (nSPS) is 19.5. The summed E-state index contributed by atoms with van der Waals surface area (Å²) in [5, 5.41) is 19.2. The van der Waals surface area contributed by atoms with E-state index in [1.54, 1.807) is 17.2 Å². The third-order valence-corrected chi connectivity index (χ3v) is 5.34. The molecular formula is C21H19N5O2. The zero-order valence-corrected chi connectivity index (χ0v) is 15.1. The Morgan fingerprint density at radius 1 is 1.07 bits per heavy atom. The molecule has 1 aliphatic rings. The van der Waals surface area contributed by atoms with Gasteiger partial charge in [-0.15, -0.1) is 0 Å². The largest absolute Gasteiger partial charge is 0.391 e. The average Bonchev–Trinajstić information content (AvgIpc) is 3.33. The first-order valence-electron chi connectivity index (χ1n) is 9.29. The molecular weight excluding hydrogens is 354 g/mol. The second-order valence-electron chi connectivity index (χ2n) is 7.24. The molecule has 1 aliphatic heterocycles. The Balaban J connectivity index is 1.33. The highest BCUT2D eigenvalue weighted by Crippen LogP contribution is 2.24. The highest BCUT2D eigenvalue weighted by atomic mass is 16.3. The van der Waals surface area contributed by atoms with Crippen molar-refractivity contribution < 1.29 is 9.90 Å². The summed E-state index contributed by atoms with van der Waals surface area (Å²) in [7, 11) is 0. The van der Waals surface area contributed by atoms with Crippen LogP contribution in [0, 0.1) is 5.92 Å². The number of rotatable bonds is 3. The van der Waals surface area contributed by atoms with E-state index in [0.29, 0.717) is 30.9 Å². The van der Waals surface area contributed by atoms with Gasteiger partial charge in [-0.2, -0.15) is 5.10 Å². The number of hydrogen-bond donors (Lipinski definition) is 2. The molecule has 3 aromatic heterocycles. The van der Waals surface area contributed by atoms with Crippen LogP contribution >= 0.6 is 0 Å². The van der Waals surface area contributed by atoms with E-state index in [1.807, 2.05) is 42.5 Å². The number of para-hydroxylation sites is 1. The molecule has 5 rings (SSSR count). The van der Waals surface area contributed by atoms with Crippen LogP contribution in [-0.4, -0.2) is 55.3 Å². The number of aliphatic hydroxyl groups is 1. The molecule has 0 bridgehead atoms. The number of aromatic nitrogens is 4. The number of amides is 1. The van der Waals surface area contributed by atoms with E-state index in [1.165, 1.54) is 0 Å². The number of benzene rings is 1. The lowest BCUT2D eigenvalue weighted by molar-refractivity contribution is 0.0759. The molecule has 28 heavy (non-hydrogen) atoms. The van der Waals surface area contributed by atoms with E-state index >= 15 is 0 Å². The topological polar surface area (TPSA) is 95.0 Å². The van der Waals surface area contributed by atoms with Crippen molar-refractivity contribution in [3.8, 4) is 0 Å². The molecule has 4 heterocycles. The van der Waals surface area contributed by atoms with Gasteiger partial charge in [-0.3, -0.25) is 14.9 Å². The van der Waals surface area contributed by atoms with Crippen LogP contribution in [-0.2, 0) is 6.42 Å². The lowest BCUT2D eigenvalue weighted by Crippen LogP contribution is -2.30. The third-order valence-electron chi connectivity index (χ3n) is 5.34. The van der Waals surface area contributed by atoms with Crippen molar-refractivity contribution in [3.05, 3.63) is 66.1 Å². The second kappa shape index (κ2) is 6.69. The van der Waals surface area contributed by atoms with Gasteiger partial charge in [-0.1, -0.05) is 24.3 Å². The second-order valence-corrected chi connectivity index (χ2v) is 7.24. The van der Waals surface area contributed by atoms with Crippen LogP contribution in [0.3, 0.4) is 0 Å². The maximum atomic E-state index is 12.8. The van der Waals surface area contributed by atoms with Crippen LogP contribution in [0.4, 0.5) is 0 Å². The van der Waals surface area contributed by atoms with E-state index in [2.05, 4.69) is 15.2 Å². The van der Waals surface area contributed by atoms with Gasteiger partial charge in [0.05, 0.1) is 17.8 Å². The number of H-pyrrole nitrogens is 1. The fourth-order valence-corrected chi connectivity index (χ4v) is 3.82. The lowest BCUT2D eigenvalue weighted by atomic mass is 9.99. The summed E-state index contributed by atoms with van der Waals surface area (Å²) in [4.78, 5) is 23.5. The molecule has 0 saturated carbocycles. The number of pyridine rings is 2. The highest BCUT2D eigenvalue weighted by molar-refractivity contribution is 5.94. The molecule has 0 radical (unpaired) electrons. The zero-order chi connectivity index (χ0) is 19.1. The van der Waals surface area contributed by atoms with Gasteiger partial charge in [0.15, 0.2) is 5.65 Å². The van der Waals surface area contributed by atoms with Crippen LogP contribution in [0.15, 0.2) is 54.7 Å². The van der Waals surface area contributed by atoms with E-state index in [4.69, 9.17) is 4.98 Å². The summed E-state index contributed by atoms with van der Waals surface area (Å²) in [6, 6.07) is 15.5. The molecule has 7 nitrogen and oxygen atoms in total. The summed E-state index contributed by atoms with van der Waals surface area (Å²) >= 11 is 0. The minimum atomic E-state index is -0.576. The molecule has 1 fully saturated rings. The minimum Gasteiger partial charge on any atom is -0.391 e. The van der Waals surface area contributed by atoms with E-state index in [-0.39, 0.29) is 11.8 Å². The predicted octanol–water partition coefficient (Wildman–Crippen LogP) is 2.18. The van der Waals surface area contributed by atoms with Crippen LogP contribution in [0.2, 0.25) is 0 Å². The van der Waals surface area contributed by atoms with Crippen LogP contribution < -0.4 is 0 Å². The first-order chi connectivity index (χ1) is 13.7. The maximum absolute atomic E-state index is 12.8. The van der Waals surface area contributed by atoms with Crippen molar-refractivity contribution >= 4 is 27.8 Å². The van der Waals surface area contributed by atoms with Crippen molar-refractivity contribution in [2.45, 2.75) is 12.5 Å². The van der Waals surface area contributed by atoms with Crippen molar-refractivity contribution in [1.29, 1.82) is 0 Å². The average molecular weight is 373 g/mol. The number of aliphatic hydroxyl groups excluding tert-OH is 1. The Morgan fingerprint density at radius 2 is 1.93 bits per heavy atom. The zero-order valence-electron chi connectivity index (χ0n) is 15.1. The fraction of sp³-hybridized carbons (Fsp3) is 0.238. The first kappa shape index (κ1) is 16.8. The Bertz CT molecular complexity index is 1170. The van der Waals surface area contributed by atoms with Gasteiger partial charge in [0.1, 0.15) is 5.69 Å². The van der Waals surface area contributed by atoms with Gasteiger partial charge in [0.25, 0.3) is 5.91 Å². The van der Waals surface area contributed by atoms with Gasteiger partial charge in [-0.05, 0) is 30.7 Å². The van der Waals surface area contributed by atoms with E-state index in [0.717, 1.165) is 22.0 Å². The molecule has 140 valence electrons. The number of likely N-dealkylation sites (tertiary alicyclic amines) is 1. The summed E-state index contributed by atoms with van der Waals surface area (Å²) < 4.78 is 0. The van der Waals surface area contributed by atoms with Crippen LogP contribution in [0.25, 0.3) is 21.9 Å². The fourth-order valence-electron chi connectivity index (χ4n) is 3.82. The van der Waals surface area contributed by atoms with Crippen molar-refractivity contribution in [2.75, 3.05) is 13.1 Å². The van der Waals surface area contributed by atoms with Gasteiger partial charge in [0, 0.05) is 35.5 Å². The molecule has 2 atom stereocenters. The molecule has 2 N–H and O–H groups in total. The molecule has 1 amide bonds. The quantitative estimate of drug-likeness (QED) is 0.574. The number of fused-ring (bicyclic) bond motifs is 2. The molecule has 4 aromatic rings. The van der Waals surface area contributed by atoms with Crippen molar-refractivity contribution in [3.63, 3.8) is 0 Å². The minimum absolute atomic E-state index is 0.0477. The Labute approximate surface area is 161 Å². The first-order valence-corrected chi connectivity index (χ1v) is 9.29. The van der Waals surface area contributed by atoms with Crippen LogP contribution in [0.1, 0.15) is 16.2 Å². The smallest absolute Gasteiger partial charge is 0.272 e. The number of β-amino-alcohol motifs (C(OH)–C–C–N with tert-alkyl or cyclic N) is 1. The number of carbonyl (C=O) groups is 1. The number of hydrogen-bond acceptors (Lipinski definition) is 5. The van der Waals surface area contributed by atoms with Gasteiger partial charge >= 0.3 is 0 Å². The molecule has 1 saturated heterocycles. The Hall–Kier alpha value is -3.32. The number of nitrogens with zero attached hydrogens (tertiary/aromatic N) is 4. The monoisotopic (exact) mass is 373 g/mol. The van der Waals surface area contributed by atoms with E-state index in [9.17, 15) is 9.90 Å². The predicted molar refractivity (Wildman–Crippen MR) is 105 cm³/mol. The van der Waals surface area contributed by atoms with Crippen LogP contribution in [0.5, 0.6) is 0 Å². The summed E-state index contributed by atoms with van der Waals surface area (Å²) in [6.07, 6.45) is 1.72. The summed E-state index contributed by atoms with van der Waals surface area (Å²) in [6.45, 7) is 0.789. The molecule has 0 unspecified atom stereocenters. The highest BCUT2D eigenvalue weighted by Gasteiger charge is 2.35. The molecule has 7 heteroatoms. The number of aromatic amines is 1.